The molecule has 1 atom stereocenters. The van der Waals surface area contributed by atoms with Crippen LogP contribution in [-0.4, -0.2) is 48.6 Å². The molecule has 26 heavy (non-hydrogen) atoms. The van der Waals surface area contributed by atoms with Crippen LogP contribution in [0.1, 0.15) is 36.4 Å². The van der Waals surface area contributed by atoms with Gasteiger partial charge in [-0.3, -0.25) is 9.69 Å². The molecule has 0 aliphatic carbocycles. The fourth-order valence-electron chi connectivity index (χ4n) is 4.90. The maximum absolute atomic E-state index is 13.0. The van der Waals surface area contributed by atoms with Crippen LogP contribution < -0.4 is 15.4 Å². The van der Waals surface area contributed by atoms with E-state index in [0.29, 0.717) is 12.5 Å². The lowest BCUT2D eigenvalue weighted by Crippen LogP contribution is -2.69. The first-order valence-corrected chi connectivity index (χ1v) is 10.3. The summed E-state index contributed by atoms with van der Waals surface area (Å²) in [6.45, 7) is 8.34. The highest BCUT2D eigenvalue weighted by Crippen LogP contribution is 2.42. The molecule has 2 aromatic rings. The lowest BCUT2D eigenvalue weighted by atomic mass is 9.72. The van der Waals surface area contributed by atoms with Gasteiger partial charge in [-0.05, 0) is 63.2 Å². The van der Waals surface area contributed by atoms with E-state index in [2.05, 4.69) is 35.4 Å². The number of rotatable bonds is 2. The summed E-state index contributed by atoms with van der Waals surface area (Å²) in [5, 5.41) is 7.81. The van der Waals surface area contributed by atoms with Gasteiger partial charge in [0.2, 0.25) is 0 Å². The van der Waals surface area contributed by atoms with Gasteiger partial charge in [-0.15, -0.1) is 11.3 Å². The summed E-state index contributed by atoms with van der Waals surface area (Å²) < 4.78 is 6.93. The van der Waals surface area contributed by atoms with Crippen molar-refractivity contribution in [1.29, 1.82) is 0 Å². The Morgan fingerprint density at radius 3 is 2.92 bits per heavy atom. The third-order valence-corrected chi connectivity index (χ3v) is 7.55. The minimum atomic E-state index is 0.0275. The Labute approximate surface area is 157 Å². The number of ether oxygens (including phenoxy) is 1. The maximum atomic E-state index is 13.0. The largest absolute Gasteiger partial charge is 0.488 e. The van der Waals surface area contributed by atoms with Crippen molar-refractivity contribution in [3.05, 3.63) is 23.1 Å². The second-order valence-electron chi connectivity index (χ2n) is 8.18. The van der Waals surface area contributed by atoms with Crippen LogP contribution in [0.2, 0.25) is 0 Å². The third-order valence-electron chi connectivity index (χ3n) is 6.40. The molecule has 1 aromatic heterocycles. The van der Waals surface area contributed by atoms with Gasteiger partial charge < -0.3 is 15.4 Å². The second-order valence-corrected chi connectivity index (χ2v) is 9.23. The van der Waals surface area contributed by atoms with Crippen molar-refractivity contribution in [2.75, 3.05) is 31.6 Å². The van der Waals surface area contributed by atoms with Crippen molar-refractivity contribution in [3.63, 3.8) is 0 Å². The number of hydrogen-bond donors (Lipinski definition) is 2. The predicted octanol–water partition coefficient (Wildman–Crippen LogP) is 3.31. The number of carbonyl (C=O) groups is 1. The van der Waals surface area contributed by atoms with Crippen LogP contribution in [0.3, 0.4) is 0 Å². The summed E-state index contributed by atoms with van der Waals surface area (Å²) in [7, 11) is 0. The molecule has 2 bridgehead atoms. The maximum Gasteiger partial charge on any atom is 0.261 e. The van der Waals surface area contributed by atoms with Gasteiger partial charge in [0.1, 0.15) is 6.61 Å². The van der Waals surface area contributed by atoms with E-state index < -0.39 is 0 Å². The van der Waals surface area contributed by atoms with E-state index in [1.54, 1.807) is 0 Å². The Balaban J connectivity index is 1.44. The zero-order chi connectivity index (χ0) is 17.9. The van der Waals surface area contributed by atoms with Gasteiger partial charge >= 0.3 is 0 Å². The van der Waals surface area contributed by atoms with Crippen LogP contribution in [0.4, 0.5) is 5.69 Å². The molecule has 1 amide bonds. The zero-order valence-corrected chi connectivity index (χ0v) is 16.1. The van der Waals surface area contributed by atoms with Gasteiger partial charge in [-0.2, -0.15) is 0 Å². The van der Waals surface area contributed by atoms with Gasteiger partial charge in [0, 0.05) is 18.1 Å². The van der Waals surface area contributed by atoms with Crippen LogP contribution in [0.25, 0.3) is 10.1 Å². The molecule has 3 fully saturated rings. The number of benzene rings is 1. The number of fused-ring (bicyclic) bond motifs is 6. The fraction of sp³-hybridized carbons (Fsp3) is 0.550. The monoisotopic (exact) mass is 371 g/mol. The Hall–Kier alpha value is -1.79. The fourth-order valence-corrected chi connectivity index (χ4v) is 5.96. The minimum Gasteiger partial charge on any atom is -0.488 e. The molecular formula is C20H25N3O2S. The van der Waals surface area contributed by atoms with Gasteiger partial charge in [0.25, 0.3) is 5.91 Å². The highest BCUT2D eigenvalue weighted by molar-refractivity contribution is 7.21. The molecule has 3 saturated heterocycles. The van der Waals surface area contributed by atoms with Crippen molar-refractivity contribution in [2.45, 2.75) is 38.3 Å². The first-order chi connectivity index (χ1) is 12.5. The number of nitrogens with one attached hydrogen (secondary N) is 2. The molecule has 138 valence electrons. The standard InChI is InChI=1S/C20H25N3O2S/c1-20(2)18(12-5-8-23(20)9-6-12)22-19(24)15-11-13-3-4-14-16(17(13)26-15)25-10-7-21-14/h3-4,11-12,18,21H,5-10H2,1-2H3,(H,22,24)/t18-/m0/s1. The van der Waals surface area contributed by atoms with E-state index in [1.807, 2.05) is 12.1 Å². The molecule has 5 nitrogen and oxygen atoms in total. The molecule has 2 N–H and O–H groups in total. The van der Waals surface area contributed by atoms with Crippen molar-refractivity contribution < 1.29 is 9.53 Å². The van der Waals surface area contributed by atoms with E-state index in [4.69, 9.17) is 4.74 Å². The van der Waals surface area contributed by atoms with Gasteiger partial charge in [-0.1, -0.05) is 6.07 Å². The molecule has 4 aliphatic rings. The average molecular weight is 372 g/mol. The number of nitrogens with zero attached hydrogens (tertiary/aromatic N) is 1. The molecule has 0 unspecified atom stereocenters. The van der Waals surface area contributed by atoms with E-state index >= 15 is 0 Å². The summed E-state index contributed by atoms with van der Waals surface area (Å²) in [6.07, 6.45) is 2.38. The van der Waals surface area contributed by atoms with Crippen LogP contribution in [-0.2, 0) is 0 Å². The Morgan fingerprint density at radius 1 is 1.35 bits per heavy atom. The molecule has 6 rings (SSSR count). The number of thiophene rings is 1. The van der Waals surface area contributed by atoms with E-state index in [9.17, 15) is 4.79 Å². The SMILES string of the molecule is CC1(C)[C@@H](NC(=O)c2cc3ccc4c(c3s2)OCCN4)C2CCN1CC2. The first-order valence-electron chi connectivity index (χ1n) is 9.53. The molecule has 0 spiro atoms. The molecule has 1 aromatic carbocycles. The van der Waals surface area contributed by atoms with Gasteiger partial charge in [-0.25, -0.2) is 0 Å². The lowest BCUT2D eigenvalue weighted by molar-refractivity contribution is -0.0377. The average Bonchev–Trinajstić information content (AvgIpc) is 3.10. The van der Waals surface area contributed by atoms with Crippen LogP contribution in [0.15, 0.2) is 18.2 Å². The summed E-state index contributed by atoms with van der Waals surface area (Å²) in [6, 6.07) is 6.33. The van der Waals surface area contributed by atoms with Crippen molar-refractivity contribution in [1.82, 2.24) is 10.2 Å². The highest BCUT2D eigenvalue weighted by atomic mass is 32.1. The predicted molar refractivity (Wildman–Crippen MR) is 105 cm³/mol. The van der Waals surface area contributed by atoms with Crippen molar-refractivity contribution in [2.24, 2.45) is 5.92 Å². The molecule has 0 saturated carbocycles. The van der Waals surface area contributed by atoms with Crippen LogP contribution in [0, 0.1) is 5.92 Å². The molecular weight excluding hydrogens is 346 g/mol. The van der Waals surface area contributed by atoms with E-state index in [0.717, 1.165) is 46.0 Å². The molecule has 4 aliphatic heterocycles. The summed E-state index contributed by atoms with van der Waals surface area (Å²) >= 11 is 1.54. The van der Waals surface area contributed by atoms with Crippen LogP contribution >= 0.6 is 11.3 Å². The van der Waals surface area contributed by atoms with Crippen molar-refractivity contribution >= 4 is 33.0 Å². The summed E-state index contributed by atoms with van der Waals surface area (Å²) in [4.78, 5) is 16.3. The Bertz CT molecular complexity index is 867. The molecule has 6 heteroatoms. The molecule has 5 heterocycles. The van der Waals surface area contributed by atoms with Gasteiger partial charge in [0.05, 0.1) is 15.3 Å². The minimum absolute atomic E-state index is 0.0275. The Kier molecular flexibility index (Phi) is 3.69. The summed E-state index contributed by atoms with van der Waals surface area (Å²) in [5.41, 5.74) is 1.05. The van der Waals surface area contributed by atoms with Crippen LogP contribution in [0.5, 0.6) is 5.75 Å². The highest BCUT2D eigenvalue weighted by Gasteiger charge is 2.48. The quantitative estimate of drug-likeness (QED) is 0.850. The number of hydrogen-bond acceptors (Lipinski definition) is 5. The van der Waals surface area contributed by atoms with E-state index in [-0.39, 0.29) is 17.5 Å². The first kappa shape index (κ1) is 16.4. The number of piperidine rings is 3. The van der Waals surface area contributed by atoms with E-state index in [1.165, 1.54) is 24.2 Å². The second kappa shape index (κ2) is 5.86. The number of anilines is 1. The summed E-state index contributed by atoms with van der Waals surface area (Å²) in [5.74, 6) is 1.53. The number of carbonyl (C=O) groups excluding carboxylic acids is 1. The Morgan fingerprint density at radius 2 is 2.15 bits per heavy atom. The smallest absolute Gasteiger partial charge is 0.261 e. The topological polar surface area (TPSA) is 53.6 Å². The zero-order valence-electron chi connectivity index (χ0n) is 15.3. The normalized spacial score (nSPS) is 28.9. The number of amides is 1. The van der Waals surface area contributed by atoms with Gasteiger partial charge in [0.15, 0.2) is 5.75 Å². The van der Waals surface area contributed by atoms with Crippen molar-refractivity contribution in [3.8, 4) is 5.75 Å². The molecule has 0 radical (unpaired) electrons. The lowest BCUT2D eigenvalue weighted by Gasteiger charge is -2.56. The third kappa shape index (κ3) is 2.42.